The van der Waals surface area contributed by atoms with Crippen LogP contribution in [-0.4, -0.2) is 38.9 Å². The molecule has 0 aliphatic carbocycles. The molecule has 1 N–H and O–H groups in total. The summed E-state index contributed by atoms with van der Waals surface area (Å²) in [5.74, 6) is 0.134. The van der Waals surface area contributed by atoms with Gasteiger partial charge in [0.25, 0.3) is 0 Å². The predicted molar refractivity (Wildman–Crippen MR) is 122 cm³/mol. The van der Waals surface area contributed by atoms with Crippen molar-refractivity contribution in [1.82, 2.24) is 25.3 Å². The van der Waals surface area contributed by atoms with Gasteiger partial charge in [-0.05, 0) is 50.8 Å². The molecule has 0 aromatic carbocycles. The Bertz CT molecular complexity index is 1050. The third-order valence-corrected chi connectivity index (χ3v) is 6.05. The van der Waals surface area contributed by atoms with E-state index in [-0.39, 0.29) is 17.9 Å². The monoisotopic (exact) mass is 418 g/mol. The Balaban J connectivity index is 1.40. The van der Waals surface area contributed by atoms with Crippen molar-refractivity contribution in [2.75, 3.05) is 18.0 Å². The molecule has 31 heavy (non-hydrogen) atoms. The first-order chi connectivity index (χ1) is 15.1. The molecule has 1 amide bonds. The number of anilines is 1. The van der Waals surface area contributed by atoms with E-state index in [1.807, 2.05) is 31.3 Å². The minimum absolute atomic E-state index is 0.0226. The third-order valence-electron chi connectivity index (χ3n) is 6.05. The van der Waals surface area contributed by atoms with E-state index >= 15 is 0 Å². The molecule has 162 valence electrons. The third kappa shape index (κ3) is 4.65. The largest absolute Gasteiger partial charge is 0.370 e. The van der Waals surface area contributed by atoms with Crippen molar-refractivity contribution < 1.29 is 4.79 Å². The SMILES string of the molecule is CCc1nc2cc(N3CCC(C(=O)N[C@@H](C)c4ccccn4)CC3)cnc2nc1CC. The molecule has 4 heterocycles. The Labute approximate surface area is 183 Å². The quantitative estimate of drug-likeness (QED) is 0.658. The summed E-state index contributed by atoms with van der Waals surface area (Å²) < 4.78 is 0. The molecule has 7 nitrogen and oxygen atoms in total. The zero-order valence-corrected chi connectivity index (χ0v) is 18.5. The van der Waals surface area contributed by atoms with Gasteiger partial charge in [-0.1, -0.05) is 19.9 Å². The number of fused-ring (bicyclic) bond motifs is 1. The van der Waals surface area contributed by atoms with Gasteiger partial charge in [-0.25, -0.2) is 15.0 Å². The maximum Gasteiger partial charge on any atom is 0.223 e. The van der Waals surface area contributed by atoms with Crippen LogP contribution in [0.4, 0.5) is 5.69 Å². The summed E-state index contributed by atoms with van der Waals surface area (Å²) in [5.41, 5.74) is 5.56. The van der Waals surface area contributed by atoms with E-state index in [0.717, 1.165) is 67.1 Å². The molecule has 0 spiro atoms. The number of carbonyl (C=O) groups excluding carboxylic acids is 1. The molecule has 3 aromatic heterocycles. The molecular weight excluding hydrogens is 388 g/mol. The molecule has 1 fully saturated rings. The lowest BCUT2D eigenvalue weighted by Gasteiger charge is -2.33. The van der Waals surface area contributed by atoms with E-state index in [9.17, 15) is 4.79 Å². The summed E-state index contributed by atoms with van der Waals surface area (Å²) >= 11 is 0. The number of carbonyl (C=O) groups is 1. The van der Waals surface area contributed by atoms with Gasteiger partial charge in [-0.2, -0.15) is 0 Å². The van der Waals surface area contributed by atoms with Gasteiger partial charge in [0.1, 0.15) is 5.52 Å². The topological polar surface area (TPSA) is 83.9 Å². The summed E-state index contributed by atoms with van der Waals surface area (Å²) in [6.45, 7) is 7.83. The second-order valence-electron chi connectivity index (χ2n) is 8.11. The van der Waals surface area contributed by atoms with Crippen LogP contribution < -0.4 is 10.2 Å². The molecule has 1 aliphatic heterocycles. The van der Waals surface area contributed by atoms with Gasteiger partial charge in [0.15, 0.2) is 5.65 Å². The van der Waals surface area contributed by atoms with Crippen LogP contribution in [0.2, 0.25) is 0 Å². The van der Waals surface area contributed by atoms with Crippen LogP contribution in [0, 0.1) is 5.92 Å². The molecule has 0 bridgehead atoms. The highest BCUT2D eigenvalue weighted by molar-refractivity contribution is 5.79. The van der Waals surface area contributed by atoms with E-state index in [0.29, 0.717) is 5.65 Å². The first-order valence-corrected chi connectivity index (χ1v) is 11.2. The minimum atomic E-state index is -0.0873. The molecule has 0 radical (unpaired) electrons. The number of aryl methyl sites for hydroxylation is 2. The van der Waals surface area contributed by atoms with Crippen LogP contribution in [0.3, 0.4) is 0 Å². The number of aromatic nitrogens is 4. The zero-order chi connectivity index (χ0) is 21.8. The van der Waals surface area contributed by atoms with Crippen molar-refractivity contribution >= 4 is 22.8 Å². The van der Waals surface area contributed by atoms with Crippen LogP contribution >= 0.6 is 0 Å². The van der Waals surface area contributed by atoms with Crippen LogP contribution in [0.1, 0.15) is 56.7 Å². The molecule has 1 atom stereocenters. The first-order valence-electron chi connectivity index (χ1n) is 11.2. The van der Waals surface area contributed by atoms with Gasteiger partial charge in [0.05, 0.1) is 35.0 Å². The van der Waals surface area contributed by atoms with Crippen LogP contribution in [0.15, 0.2) is 36.7 Å². The smallest absolute Gasteiger partial charge is 0.223 e. The van der Waals surface area contributed by atoms with E-state index in [2.05, 4.69) is 45.1 Å². The van der Waals surface area contributed by atoms with Gasteiger partial charge in [0.2, 0.25) is 5.91 Å². The maximum absolute atomic E-state index is 12.7. The molecule has 4 rings (SSSR count). The van der Waals surface area contributed by atoms with Gasteiger partial charge in [0, 0.05) is 25.2 Å². The zero-order valence-electron chi connectivity index (χ0n) is 18.5. The fourth-order valence-corrected chi connectivity index (χ4v) is 4.18. The second-order valence-corrected chi connectivity index (χ2v) is 8.11. The van der Waals surface area contributed by atoms with Gasteiger partial charge >= 0.3 is 0 Å². The Morgan fingerprint density at radius 2 is 1.87 bits per heavy atom. The number of hydrogen-bond acceptors (Lipinski definition) is 6. The summed E-state index contributed by atoms with van der Waals surface area (Å²) in [7, 11) is 0. The first kappa shape index (κ1) is 21.2. The number of rotatable bonds is 6. The molecule has 1 aliphatic rings. The van der Waals surface area contributed by atoms with Crippen LogP contribution in [0.25, 0.3) is 11.2 Å². The predicted octanol–water partition coefficient (Wildman–Crippen LogP) is 3.64. The van der Waals surface area contributed by atoms with Crippen molar-refractivity contribution in [3.8, 4) is 0 Å². The van der Waals surface area contributed by atoms with Crippen molar-refractivity contribution in [1.29, 1.82) is 0 Å². The standard InChI is InChI=1S/C24H30N6O/c1-4-19-20(5-2)29-23-22(28-19)14-18(15-26-23)30-12-9-17(10-13-30)24(31)27-16(3)21-8-6-7-11-25-21/h6-8,11,14-17H,4-5,9-10,12-13H2,1-3H3,(H,27,31)/t16-/m0/s1. The molecule has 0 saturated carbocycles. The van der Waals surface area contributed by atoms with Gasteiger partial charge < -0.3 is 10.2 Å². The van der Waals surface area contributed by atoms with E-state index < -0.39 is 0 Å². The Kier molecular flexibility index (Phi) is 6.39. The normalized spacial score (nSPS) is 15.8. The van der Waals surface area contributed by atoms with Crippen LogP contribution in [0.5, 0.6) is 0 Å². The lowest BCUT2D eigenvalue weighted by atomic mass is 9.95. The average molecular weight is 419 g/mol. The molecule has 0 unspecified atom stereocenters. The highest BCUT2D eigenvalue weighted by Gasteiger charge is 2.26. The average Bonchev–Trinajstić information content (AvgIpc) is 2.83. The van der Waals surface area contributed by atoms with E-state index in [1.54, 1.807) is 6.20 Å². The van der Waals surface area contributed by atoms with Gasteiger partial charge in [-0.3, -0.25) is 9.78 Å². The number of nitrogens with zero attached hydrogens (tertiary/aromatic N) is 5. The number of piperidine rings is 1. The van der Waals surface area contributed by atoms with Crippen molar-refractivity contribution in [3.05, 3.63) is 53.7 Å². The molecular formula is C24H30N6O. The number of hydrogen-bond donors (Lipinski definition) is 1. The minimum Gasteiger partial charge on any atom is -0.370 e. The number of amides is 1. The fraction of sp³-hybridized carbons (Fsp3) is 0.458. The lowest BCUT2D eigenvalue weighted by molar-refractivity contribution is -0.126. The summed E-state index contributed by atoms with van der Waals surface area (Å²) in [6, 6.07) is 7.76. The van der Waals surface area contributed by atoms with Crippen molar-refractivity contribution in [2.24, 2.45) is 5.92 Å². The summed E-state index contributed by atoms with van der Waals surface area (Å²) in [4.78, 5) is 33.4. The molecule has 7 heteroatoms. The Morgan fingerprint density at radius 3 is 2.55 bits per heavy atom. The Morgan fingerprint density at radius 1 is 1.13 bits per heavy atom. The highest BCUT2D eigenvalue weighted by atomic mass is 16.1. The number of pyridine rings is 2. The van der Waals surface area contributed by atoms with Gasteiger partial charge in [-0.15, -0.1) is 0 Å². The Hall–Kier alpha value is -3.09. The highest BCUT2D eigenvalue weighted by Crippen LogP contribution is 2.26. The van der Waals surface area contributed by atoms with E-state index in [1.165, 1.54) is 0 Å². The summed E-state index contributed by atoms with van der Waals surface area (Å²) in [6.07, 6.45) is 7.01. The van der Waals surface area contributed by atoms with Crippen LogP contribution in [-0.2, 0) is 17.6 Å². The summed E-state index contributed by atoms with van der Waals surface area (Å²) in [5, 5.41) is 3.12. The number of nitrogens with one attached hydrogen (secondary N) is 1. The fourth-order valence-electron chi connectivity index (χ4n) is 4.18. The molecule has 1 saturated heterocycles. The maximum atomic E-state index is 12.7. The molecule has 3 aromatic rings. The second kappa shape index (κ2) is 9.37. The van der Waals surface area contributed by atoms with Crippen molar-refractivity contribution in [2.45, 2.75) is 52.5 Å². The van der Waals surface area contributed by atoms with E-state index in [4.69, 9.17) is 4.98 Å². The van der Waals surface area contributed by atoms with Crippen molar-refractivity contribution in [3.63, 3.8) is 0 Å². The lowest BCUT2D eigenvalue weighted by Crippen LogP contribution is -2.41.